The number of aromatic nitrogens is 2. The third-order valence-electron chi connectivity index (χ3n) is 4.46. The molecule has 3 aromatic rings. The molecule has 0 saturated carbocycles. The summed E-state index contributed by atoms with van der Waals surface area (Å²) < 4.78 is 27.0. The minimum Gasteiger partial charge on any atom is -0.294 e. The molecule has 0 radical (unpaired) electrons. The van der Waals surface area contributed by atoms with Crippen LogP contribution in [-0.4, -0.2) is 21.4 Å². The average molecular weight is 372 g/mol. The number of hydrogen-bond donors (Lipinski definition) is 0. The van der Waals surface area contributed by atoms with Crippen LogP contribution in [0.25, 0.3) is 11.4 Å². The van der Waals surface area contributed by atoms with Gasteiger partial charge in [0, 0.05) is 43.2 Å². The Kier molecular flexibility index (Phi) is 4.66. The van der Waals surface area contributed by atoms with Crippen LogP contribution in [0.15, 0.2) is 48.5 Å². The van der Waals surface area contributed by atoms with Crippen molar-refractivity contribution in [2.75, 3.05) is 6.54 Å². The predicted octanol–water partition coefficient (Wildman–Crippen LogP) is 4.63. The van der Waals surface area contributed by atoms with Gasteiger partial charge in [-0.1, -0.05) is 41.9 Å². The van der Waals surface area contributed by atoms with Gasteiger partial charge in [0.25, 0.3) is 0 Å². The van der Waals surface area contributed by atoms with E-state index in [1.54, 1.807) is 0 Å². The Morgan fingerprint density at radius 2 is 1.73 bits per heavy atom. The van der Waals surface area contributed by atoms with E-state index in [9.17, 15) is 8.78 Å². The summed E-state index contributed by atoms with van der Waals surface area (Å²) in [6.07, 6.45) is 0.717. The highest BCUT2D eigenvalue weighted by Crippen LogP contribution is 2.28. The van der Waals surface area contributed by atoms with Gasteiger partial charge < -0.3 is 0 Å². The van der Waals surface area contributed by atoms with Crippen molar-refractivity contribution in [2.24, 2.45) is 0 Å². The number of nitrogens with zero attached hydrogens (tertiary/aromatic N) is 3. The van der Waals surface area contributed by atoms with E-state index in [1.165, 1.54) is 17.7 Å². The average Bonchev–Trinajstić information content (AvgIpc) is 2.62. The Morgan fingerprint density at radius 1 is 1.00 bits per heavy atom. The summed E-state index contributed by atoms with van der Waals surface area (Å²) in [6, 6.07) is 13.5. The highest BCUT2D eigenvalue weighted by molar-refractivity contribution is 6.30. The van der Waals surface area contributed by atoms with Crippen LogP contribution < -0.4 is 0 Å². The second kappa shape index (κ2) is 7.09. The molecule has 1 aliphatic heterocycles. The lowest BCUT2D eigenvalue weighted by Gasteiger charge is -2.28. The number of rotatable bonds is 3. The van der Waals surface area contributed by atoms with Crippen LogP contribution in [0.5, 0.6) is 0 Å². The largest absolute Gasteiger partial charge is 0.294 e. The van der Waals surface area contributed by atoms with Crippen LogP contribution in [0, 0.1) is 11.6 Å². The SMILES string of the molecule is Fc1cc(F)cc(-c2nc(Cl)c3c(n2)CCN(Cc2ccccc2)C3)c1. The lowest BCUT2D eigenvalue weighted by molar-refractivity contribution is 0.243. The van der Waals surface area contributed by atoms with Crippen molar-refractivity contribution in [3.8, 4) is 11.4 Å². The van der Waals surface area contributed by atoms with Crippen LogP contribution in [0.3, 0.4) is 0 Å². The molecule has 0 atom stereocenters. The van der Waals surface area contributed by atoms with Crippen LogP contribution >= 0.6 is 11.6 Å². The van der Waals surface area contributed by atoms with Crippen molar-refractivity contribution in [1.82, 2.24) is 14.9 Å². The van der Waals surface area contributed by atoms with Crippen molar-refractivity contribution in [3.63, 3.8) is 0 Å². The van der Waals surface area contributed by atoms with E-state index in [4.69, 9.17) is 11.6 Å². The topological polar surface area (TPSA) is 29.0 Å². The van der Waals surface area contributed by atoms with E-state index in [-0.39, 0.29) is 5.82 Å². The zero-order valence-corrected chi connectivity index (χ0v) is 14.7. The zero-order valence-electron chi connectivity index (χ0n) is 13.9. The summed E-state index contributed by atoms with van der Waals surface area (Å²) in [6.45, 7) is 2.32. The first kappa shape index (κ1) is 17.1. The van der Waals surface area contributed by atoms with Gasteiger partial charge in [0.05, 0.1) is 5.69 Å². The molecule has 0 amide bonds. The lowest BCUT2D eigenvalue weighted by Crippen LogP contribution is -2.31. The van der Waals surface area contributed by atoms with Gasteiger partial charge in [-0.25, -0.2) is 18.7 Å². The highest BCUT2D eigenvalue weighted by Gasteiger charge is 2.22. The fourth-order valence-electron chi connectivity index (χ4n) is 3.22. The Hall–Kier alpha value is -2.37. The summed E-state index contributed by atoms with van der Waals surface area (Å²) in [7, 11) is 0. The second-order valence-electron chi connectivity index (χ2n) is 6.37. The summed E-state index contributed by atoms with van der Waals surface area (Å²) in [5.41, 5.74) is 3.25. The van der Waals surface area contributed by atoms with Gasteiger partial charge in [-0.2, -0.15) is 0 Å². The molecule has 0 fully saturated rings. The third-order valence-corrected chi connectivity index (χ3v) is 4.77. The normalized spacial score (nSPS) is 14.3. The smallest absolute Gasteiger partial charge is 0.161 e. The highest BCUT2D eigenvalue weighted by atomic mass is 35.5. The summed E-state index contributed by atoms with van der Waals surface area (Å²) >= 11 is 6.38. The molecule has 2 aromatic carbocycles. The Morgan fingerprint density at radius 3 is 2.46 bits per heavy atom. The number of hydrogen-bond acceptors (Lipinski definition) is 3. The second-order valence-corrected chi connectivity index (χ2v) is 6.73. The van der Waals surface area contributed by atoms with E-state index < -0.39 is 11.6 Å². The van der Waals surface area contributed by atoms with Crippen LogP contribution in [0.4, 0.5) is 8.78 Å². The van der Waals surface area contributed by atoms with E-state index >= 15 is 0 Å². The Balaban J connectivity index is 1.61. The van der Waals surface area contributed by atoms with Crippen molar-refractivity contribution in [2.45, 2.75) is 19.5 Å². The van der Waals surface area contributed by atoms with Crippen LogP contribution in [0.2, 0.25) is 5.15 Å². The molecule has 3 nitrogen and oxygen atoms in total. The molecule has 1 aliphatic rings. The van der Waals surface area contributed by atoms with Crippen LogP contribution in [-0.2, 0) is 19.5 Å². The Labute approximate surface area is 155 Å². The van der Waals surface area contributed by atoms with Crippen LogP contribution in [0.1, 0.15) is 16.8 Å². The summed E-state index contributed by atoms with van der Waals surface area (Å²) in [5, 5.41) is 0.340. The van der Waals surface area contributed by atoms with E-state index in [0.29, 0.717) is 17.3 Å². The number of benzene rings is 2. The first-order valence-electron chi connectivity index (χ1n) is 8.36. The maximum atomic E-state index is 13.5. The maximum absolute atomic E-state index is 13.5. The minimum absolute atomic E-state index is 0.253. The van der Waals surface area contributed by atoms with E-state index in [0.717, 1.165) is 36.8 Å². The minimum atomic E-state index is -0.661. The molecule has 6 heteroatoms. The first-order valence-corrected chi connectivity index (χ1v) is 8.74. The maximum Gasteiger partial charge on any atom is 0.161 e. The monoisotopic (exact) mass is 371 g/mol. The fourth-order valence-corrected chi connectivity index (χ4v) is 3.47. The molecule has 26 heavy (non-hydrogen) atoms. The standard InChI is InChI=1S/C20H16ClF2N3/c21-19-17-12-26(11-13-4-2-1-3-5-13)7-6-18(17)24-20(25-19)14-8-15(22)10-16(23)9-14/h1-5,8-10H,6-7,11-12H2. The Bertz CT molecular complexity index is 927. The number of fused-ring (bicyclic) bond motifs is 1. The quantitative estimate of drug-likeness (QED) is 0.628. The molecule has 0 spiro atoms. The fraction of sp³-hybridized carbons (Fsp3) is 0.200. The molecular formula is C20H16ClF2N3. The molecule has 1 aromatic heterocycles. The molecule has 0 bridgehead atoms. The van der Waals surface area contributed by atoms with Crippen molar-refractivity contribution in [1.29, 1.82) is 0 Å². The molecular weight excluding hydrogens is 356 g/mol. The molecule has 0 N–H and O–H groups in total. The molecule has 0 saturated heterocycles. The lowest BCUT2D eigenvalue weighted by atomic mass is 10.1. The molecule has 132 valence electrons. The van der Waals surface area contributed by atoms with Crippen molar-refractivity contribution < 1.29 is 8.78 Å². The summed E-state index contributed by atoms with van der Waals surface area (Å²) in [4.78, 5) is 11.1. The van der Waals surface area contributed by atoms with E-state index in [1.807, 2.05) is 18.2 Å². The van der Waals surface area contributed by atoms with Gasteiger partial charge in [-0.05, 0) is 17.7 Å². The van der Waals surface area contributed by atoms with Gasteiger partial charge in [-0.15, -0.1) is 0 Å². The van der Waals surface area contributed by atoms with Gasteiger partial charge in [-0.3, -0.25) is 4.90 Å². The van der Waals surface area contributed by atoms with E-state index in [2.05, 4.69) is 27.0 Å². The summed E-state index contributed by atoms with van der Waals surface area (Å²) in [5.74, 6) is -1.07. The third kappa shape index (κ3) is 3.59. The molecule has 0 unspecified atom stereocenters. The first-order chi connectivity index (χ1) is 12.6. The van der Waals surface area contributed by atoms with Gasteiger partial charge >= 0.3 is 0 Å². The van der Waals surface area contributed by atoms with Gasteiger partial charge in [0.2, 0.25) is 0 Å². The van der Waals surface area contributed by atoms with Crippen molar-refractivity contribution >= 4 is 11.6 Å². The number of halogens is 3. The molecule has 4 rings (SSSR count). The molecule has 2 heterocycles. The predicted molar refractivity (Wildman–Crippen MR) is 96.7 cm³/mol. The van der Waals surface area contributed by atoms with Crippen molar-refractivity contribution in [3.05, 3.63) is 82.1 Å². The van der Waals surface area contributed by atoms with Gasteiger partial charge in [0.1, 0.15) is 16.8 Å². The zero-order chi connectivity index (χ0) is 18.1. The van der Waals surface area contributed by atoms with Gasteiger partial charge in [0.15, 0.2) is 5.82 Å². The molecule has 0 aliphatic carbocycles.